The highest BCUT2D eigenvalue weighted by molar-refractivity contribution is 6.00. The van der Waals surface area contributed by atoms with Gasteiger partial charge in [-0.1, -0.05) is 17.3 Å². The van der Waals surface area contributed by atoms with Crippen molar-refractivity contribution in [2.45, 2.75) is 6.54 Å². The lowest BCUT2D eigenvalue weighted by molar-refractivity contribution is -0.684. The molecule has 0 aliphatic heterocycles. The molecule has 1 aromatic heterocycles. The Bertz CT molecular complexity index is 728. The van der Waals surface area contributed by atoms with E-state index in [1.165, 1.54) is 18.3 Å². The smallest absolute Gasteiger partial charge is 0.337 e. The van der Waals surface area contributed by atoms with Crippen LogP contribution >= 0.6 is 0 Å². The Balaban J connectivity index is 2.11. The molecule has 0 bridgehead atoms. The first kappa shape index (κ1) is 15.2. The quantitative estimate of drug-likeness (QED) is 0.333. The van der Waals surface area contributed by atoms with Crippen molar-refractivity contribution in [3.05, 3.63) is 59.9 Å². The summed E-state index contributed by atoms with van der Waals surface area (Å²) in [5, 5.41) is 23.1. The van der Waals surface area contributed by atoms with E-state index in [9.17, 15) is 9.59 Å². The van der Waals surface area contributed by atoms with E-state index in [2.05, 4.69) is 10.5 Å². The molecule has 22 heavy (non-hydrogen) atoms. The average molecular weight is 300 g/mol. The van der Waals surface area contributed by atoms with Gasteiger partial charge in [-0.2, -0.15) is 4.57 Å². The van der Waals surface area contributed by atoms with E-state index in [0.717, 1.165) is 0 Å². The lowest BCUT2D eigenvalue weighted by Crippen LogP contribution is -2.40. The lowest BCUT2D eigenvalue weighted by atomic mass is 10.2. The topological polar surface area (TPSA) is 103 Å². The van der Waals surface area contributed by atoms with Gasteiger partial charge in [-0.25, -0.2) is 4.79 Å². The molecule has 7 nitrogen and oxygen atoms in total. The largest absolute Gasteiger partial charge is 0.478 e. The predicted octanol–water partition coefficient (Wildman–Crippen LogP) is 1.12. The number of para-hydroxylation sites is 1. The molecule has 112 valence electrons. The zero-order valence-corrected chi connectivity index (χ0v) is 11.5. The zero-order valence-electron chi connectivity index (χ0n) is 11.5. The van der Waals surface area contributed by atoms with Crippen molar-refractivity contribution < 1.29 is 24.5 Å². The molecule has 7 heteroatoms. The monoisotopic (exact) mass is 300 g/mol. The van der Waals surface area contributed by atoms with Gasteiger partial charge in [0, 0.05) is 6.07 Å². The minimum atomic E-state index is -1.11. The minimum absolute atomic E-state index is 0.00105. The third-order valence-corrected chi connectivity index (χ3v) is 2.85. The van der Waals surface area contributed by atoms with Gasteiger partial charge in [-0.05, 0) is 18.2 Å². The summed E-state index contributed by atoms with van der Waals surface area (Å²) in [5.41, 5.74) is 0.902. The molecular weight excluding hydrogens is 286 g/mol. The van der Waals surface area contributed by atoms with E-state index in [4.69, 9.17) is 10.3 Å². The average Bonchev–Trinajstić information content (AvgIpc) is 2.48. The number of rotatable bonds is 5. The molecule has 0 saturated carbocycles. The molecule has 0 saturated heterocycles. The number of carboxylic acids is 1. The van der Waals surface area contributed by atoms with E-state index in [-0.39, 0.29) is 23.7 Å². The van der Waals surface area contributed by atoms with Crippen molar-refractivity contribution in [1.29, 1.82) is 0 Å². The van der Waals surface area contributed by atoms with Crippen LogP contribution in [0.25, 0.3) is 0 Å². The van der Waals surface area contributed by atoms with Crippen LogP contribution in [0.4, 0.5) is 5.69 Å². The highest BCUT2D eigenvalue weighted by Gasteiger charge is 2.14. The number of hydrogen-bond donors (Lipinski definition) is 3. The van der Waals surface area contributed by atoms with E-state index in [1.54, 1.807) is 41.2 Å². The van der Waals surface area contributed by atoms with Crippen molar-refractivity contribution >= 4 is 23.8 Å². The van der Waals surface area contributed by atoms with Crippen molar-refractivity contribution in [3.63, 3.8) is 0 Å². The molecule has 3 N–H and O–H groups in total. The number of nitrogens with one attached hydrogen (secondary N) is 1. The Hall–Kier alpha value is -3.22. The van der Waals surface area contributed by atoms with Crippen LogP contribution in [-0.2, 0) is 11.3 Å². The summed E-state index contributed by atoms with van der Waals surface area (Å²) < 4.78 is 1.59. The normalized spacial score (nSPS) is 10.5. The number of carboxylic acid groups (broad SMARTS) is 1. The van der Waals surface area contributed by atoms with E-state index in [1.807, 2.05) is 0 Å². The van der Waals surface area contributed by atoms with E-state index < -0.39 is 5.97 Å². The highest BCUT2D eigenvalue weighted by atomic mass is 16.4. The van der Waals surface area contributed by atoms with Crippen LogP contribution in [0.3, 0.4) is 0 Å². The van der Waals surface area contributed by atoms with E-state index >= 15 is 0 Å². The number of nitrogens with zero attached hydrogens (tertiary/aromatic N) is 2. The van der Waals surface area contributed by atoms with Crippen LogP contribution in [0.15, 0.2) is 53.9 Å². The lowest BCUT2D eigenvalue weighted by Gasteiger charge is -2.06. The fourth-order valence-corrected chi connectivity index (χ4v) is 1.92. The van der Waals surface area contributed by atoms with Gasteiger partial charge in [0.1, 0.15) is 0 Å². The maximum absolute atomic E-state index is 12.0. The molecule has 0 aliphatic rings. The third-order valence-electron chi connectivity index (χ3n) is 2.85. The van der Waals surface area contributed by atoms with Crippen molar-refractivity contribution in [3.8, 4) is 0 Å². The number of anilines is 1. The van der Waals surface area contributed by atoms with Gasteiger partial charge in [-0.3, -0.25) is 4.79 Å². The van der Waals surface area contributed by atoms with Gasteiger partial charge in [-0.15, -0.1) is 0 Å². The van der Waals surface area contributed by atoms with Gasteiger partial charge in [0.15, 0.2) is 12.4 Å². The Kier molecular flexibility index (Phi) is 4.81. The minimum Gasteiger partial charge on any atom is -0.478 e. The van der Waals surface area contributed by atoms with Crippen LogP contribution < -0.4 is 9.88 Å². The molecule has 0 fully saturated rings. The fraction of sp³-hybridized carbons (Fsp3) is 0.0667. The molecule has 0 spiro atoms. The summed E-state index contributed by atoms with van der Waals surface area (Å²) in [4.78, 5) is 23.1. The Morgan fingerprint density at radius 2 is 2.00 bits per heavy atom. The Morgan fingerprint density at radius 1 is 1.23 bits per heavy atom. The van der Waals surface area contributed by atoms with Crippen LogP contribution in [0.5, 0.6) is 0 Å². The second-order valence-electron chi connectivity index (χ2n) is 4.45. The standard InChI is InChI=1S/C15H13N3O4/c19-14(10-18-7-3-4-11(9-18)8-16-22)17-13-6-2-1-5-12(13)15(20)21/h1-9H,10H2,(H2-,17,19,20,21,22)/p+1. The fourth-order valence-electron chi connectivity index (χ4n) is 1.92. The summed E-state index contributed by atoms with van der Waals surface area (Å²) in [6, 6.07) is 9.60. The number of amides is 1. The Labute approximate surface area is 126 Å². The maximum Gasteiger partial charge on any atom is 0.337 e. The van der Waals surface area contributed by atoms with Crippen LogP contribution in [-0.4, -0.2) is 28.4 Å². The first-order chi connectivity index (χ1) is 10.6. The van der Waals surface area contributed by atoms with Crippen LogP contribution in [0.2, 0.25) is 0 Å². The number of hydrogen-bond acceptors (Lipinski definition) is 4. The molecular formula is C15H14N3O4+. The number of carbonyl (C=O) groups is 2. The molecule has 1 amide bonds. The summed E-state index contributed by atoms with van der Waals surface area (Å²) in [7, 11) is 0. The SMILES string of the molecule is O=C(C[n+]1cccc(C=NO)c1)Nc1ccccc1C(=O)O. The Morgan fingerprint density at radius 3 is 2.73 bits per heavy atom. The molecule has 0 unspecified atom stereocenters. The number of carbonyl (C=O) groups excluding carboxylic acids is 1. The summed E-state index contributed by atoms with van der Waals surface area (Å²) in [5.74, 6) is -1.47. The van der Waals surface area contributed by atoms with E-state index in [0.29, 0.717) is 5.56 Å². The first-order valence-corrected chi connectivity index (χ1v) is 6.39. The molecule has 2 rings (SSSR count). The number of aromatic carboxylic acids is 1. The summed E-state index contributed by atoms with van der Waals surface area (Å²) in [6.07, 6.45) is 4.55. The molecule has 0 radical (unpaired) electrons. The van der Waals surface area contributed by atoms with Gasteiger partial charge in [0.25, 0.3) is 5.91 Å². The third kappa shape index (κ3) is 3.89. The van der Waals surface area contributed by atoms with Crippen LogP contribution in [0, 0.1) is 0 Å². The van der Waals surface area contributed by atoms with Crippen LogP contribution in [0.1, 0.15) is 15.9 Å². The van der Waals surface area contributed by atoms with Gasteiger partial charge < -0.3 is 15.6 Å². The van der Waals surface area contributed by atoms with Gasteiger partial charge in [0.2, 0.25) is 6.54 Å². The number of aromatic nitrogens is 1. The number of benzene rings is 1. The summed E-state index contributed by atoms with van der Waals surface area (Å²) in [6.45, 7) is 0.00105. The van der Waals surface area contributed by atoms with Crippen molar-refractivity contribution in [2.75, 3.05) is 5.32 Å². The van der Waals surface area contributed by atoms with Crippen molar-refractivity contribution in [2.24, 2.45) is 5.16 Å². The zero-order chi connectivity index (χ0) is 15.9. The first-order valence-electron chi connectivity index (χ1n) is 6.39. The van der Waals surface area contributed by atoms with Crippen molar-refractivity contribution in [1.82, 2.24) is 0 Å². The predicted molar refractivity (Wildman–Crippen MR) is 78.0 cm³/mol. The second kappa shape index (κ2) is 6.98. The molecule has 1 heterocycles. The molecule has 0 aliphatic carbocycles. The highest BCUT2D eigenvalue weighted by Crippen LogP contribution is 2.14. The number of pyridine rings is 1. The molecule has 1 aromatic carbocycles. The maximum atomic E-state index is 12.0. The molecule has 0 atom stereocenters. The van der Waals surface area contributed by atoms with Gasteiger partial charge in [0.05, 0.1) is 23.0 Å². The number of oxime groups is 1. The summed E-state index contributed by atoms with van der Waals surface area (Å²) >= 11 is 0. The van der Waals surface area contributed by atoms with Gasteiger partial charge >= 0.3 is 5.97 Å². The second-order valence-corrected chi connectivity index (χ2v) is 4.45. The molecule has 2 aromatic rings.